The predicted molar refractivity (Wildman–Crippen MR) is 94.4 cm³/mol. The largest absolute Gasteiger partial charge is 0.322 e. The fourth-order valence-electron chi connectivity index (χ4n) is 3.51. The standard InChI is InChI=1S/C20H23N3/c1-3-9-17(10-4-1)15-23-19-12-6-5-11-18(19)21-20(23)16-22-13-7-2-8-14-22/h1,3-6,9-12H,2,7-8,13-16H2. The zero-order valence-corrected chi connectivity index (χ0v) is 13.5. The van der Waals surface area contributed by atoms with Gasteiger partial charge in [0.1, 0.15) is 5.82 Å². The molecule has 0 aliphatic carbocycles. The van der Waals surface area contributed by atoms with Crippen molar-refractivity contribution in [1.29, 1.82) is 0 Å². The quantitative estimate of drug-likeness (QED) is 0.724. The van der Waals surface area contributed by atoms with Crippen LogP contribution in [0.1, 0.15) is 30.7 Å². The maximum absolute atomic E-state index is 4.92. The molecule has 1 saturated heterocycles. The van der Waals surface area contributed by atoms with E-state index in [-0.39, 0.29) is 0 Å². The van der Waals surface area contributed by atoms with Crippen molar-refractivity contribution in [2.75, 3.05) is 13.1 Å². The van der Waals surface area contributed by atoms with Crippen molar-refractivity contribution in [2.45, 2.75) is 32.4 Å². The molecule has 0 spiro atoms. The summed E-state index contributed by atoms with van der Waals surface area (Å²) in [6.07, 6.45) is 4.01. The summed E-state index contributed by atoms with van der Waals surface area (Å²) in [6, 6.07) is 19.2. The van der Waals surface area contributed by atoms with Gasteiger partial charge in [0, 0.05) is 6.54 Å². The van der Waals surface area contributed by atoms with Crippen LogP contribution in [0.25, 0.3) is 11.0 Å². The van der Waals surface area contributed by atoms with Crippen LogP contribution in [-0.2, 0) is 13.1 Å². The lowest BCUT2D eigenvalue weighted by Gasteiger charge is -2.26. The summed E-state index contributed by atoms with van der Waals surface area (Å²) in [5, 5.41) is 0. The Balaban J connectivity index is 1.69. The Kier molecular flexibility index (Phi) is 4.12. The minimum absolute atomic E-state index is 0.893. The van der Waals surface area contributed by atoms with Gasteiger partial charge >= 0.3 is 0 Å². The van der Waals surface area contributed by atoms with E-state index in [0.717, 1.165) is 18.6 Å². The molecule has 0 unspecified atom stereocenters. The third-order valence-corrected chi connectivity index (χ3v) is 4.73. The zero-order chi connectivity index (χ0) is 15.5. The van der Waals surface area contributed by atoms with E-state index in [0.29, 0.717) is 0 Å². The number of hydrogen-bond donors (Lipinski definition) is 0. The van der Waals surface area contributed by atoms with Gasteiger partial charge in [-0.1, -0.05) is 48.9 Å². The molecule has 0 bridgehead atoms. The van der Waals surface area contributed by atoms with Crippen molar-refractivity contribution in [3.63, 3.8) is 0 Å². The van der Waals surface area contributed by atoms with E-state index in [1.54, 1.807) is 0 Å². The average Bonchev–Trinajstić information content (AvgIpc) is 2.94. The molecule has 3 nitrogen and oxygen atoms in total. The van der Waals surface area contributed by atoms with Gasteiger partial charge in [0.15, 0.2) is 0 Å². The van der Waals surface area contributed by atoms with E-state index in [4.69, 9.17) is 4.98 Å². The normalized spacial score (nSPS) is 16.0. The van der Waals surface area contributed by atoms with E-state index in [1.807, 2.05) is 0 Å². The first kappa shape index (κ1) is 14.5. The fraction of sp³-hybridized carbons (Fsp3) is 0.350. The Labute approximate surface area is 137 Å². The van der Waals surface area contributed by atoms with Crippen LogP contribution in [0.3, 0.4) is 0 Å². The molecule has 1 aromatic heterocycles. The number of rotatable bonds is 4. The van der Waals surface area contributed by atoms with E-state index >= 15 is 0 Å². The summed E-state index contributed by atoms with van der Waals surface area (Å²) in [5.74, 6) is 1.19. The number of nitrogens with zero attached hydrogens (tertiary/aromatic N) is 3. The number of likely N-dealkylation sites (tertiary alicyclic amines) is 1. The van der Waals surface area contributed by atoms with Gasteiger partial charge in [-0.3, -0.25) is 4.90 Å². The van der Waals surface area contributed by atoms with Crippen LogP contribution in [0.2, 0.25) is 0 Å². The lowest BCUT2D eigenvalue weighted by atomic mass is 10.1. The Bertz CT molecular complexity index is 770. The molecule has 118 valence electrons. The Morgan fingerprint density at radius 2 is 1.52 bits per heavy atom. The summed E-state index contributed by atoms with van der Waals surface area (Å²) >= 11 is 0. The van der Waals surface area contributed by atoms with Crippen molar-refractivity contribution < 1.29 is 0 Å². The molecule has 1 aliphatic rings. The summed E-state index contributed by atoms with van der Waals surface area (Å²) in [6.45, 7) is 4.26. The van der Waals surface area contributed by atoms with E-state index in [1.165, 1.54) is 49.3 Å². The number of imidazole rings is 1. The monoisotopic (exact) mass is 305 g/mol. The molecule has 1 aliphatic heterocycles. The number of fused-ring (bicyclic) bond motifs is 1. The average molecular weight is 305 g/mol. The highest BCUT2D eigenvalue weighted by atomic mass is 15.2. The molecule has 2 aromatic carbocycles. The Hall–Kier alpha value is -2.13. The second kappa shape index (κ2) is 6.55. The first-order valence-electron chi connectivity index (χ1n) is 8.60. The molecule has 3 heteroatoms. The lowest BCUT2D eigenvalue weighted by molar-refractivity contribution is 0.214. The van der Waals surface area contributed by atoms with Crippen molar-refractivity contribution in [3.8, 4) is 0 Å². The lowest BCUT2D eigenvalue weighted by Crippen LogP contribution is -2.30. The van der Waals surface area contributed by atoms with Crippen LogP contribution in [0.4, 0.5) is 0 Å². The molecule has 23 heavy (non-hydrogen) atoms. The smallest absolute Gasteiger partial charge is 0.124 e. The van der Waals surface area contributed by atoms with Gasteiger partial charge in [0.2, 0.25) is 0 Å². The first-order chi connectivity index (χ1) is 11.4. The molecule has 0 saturated carbocycles. The van der Waals surface area contributed by atoms with Gasteiger partial charge in [-0.05, 0) is 43.6 Å². The van der Waals surface area contributed by atoms with E-state index < -0.39 is 0 Å². The highest BCUT2D eigenvalue weighted by Crippen LogP contribution is 2.20. The first-order valence-corrected chi connectivity index (χ1v) is 8.60. The minimum Gasteiger partial charge on any atom is -0.322 e. The topological polar surface area (TPSA) is 21.1 Å². The number of aromatic nitrogens is 2. The van der Waals surface area contributed by atoms with Crippen LogP contribution in [0, 0.1) is 0 Å². The van der Waals surface area contributed by atoms with Gasteiger partial charge < -0.3 is 4.57 Å². The van der Waals surface area contributed by atoms with Gasteiger partial charge in [-0.2, -0.15) is 0 Å². The summed E-state index contributed by atoms with van der Waals surface area (Å²) in [5.41, 5.74) is 3.68. The van der Waals surface area contributed by atoms with Gasteiger partial charge in [-0.15, -0.1) is 0 Å². The third kappa shape index (κ3) is 3.15. The maximum Gasteiger partial charge on any atom is 0.124 e. The molecule has 3 aromatic rings. The van der Waals surface area contributed by atoms with Gasteiger partial charge in [0.25, 0.3) is 0 Å². The predicted octanol–water partition coefficient (Wildman–Crippen LogP) is 4.07. The van der Waals surface area contributed by atoms with Crippen LogP contribution >= 0.6 is 0 Å². The van der Waals surface area contributed by atoms with Crippen LogP contribution in [0.5, 0.6) is 0 Å². The maximum atomic E-state index is 4.92. The second-order valence-electron chi connectivity index (χ2n) is 6.43. The molecular weight excluding hydrogens is 282 g/mol. The molecule has 4 rings (SSSR count). The number of hydrogen-bond acceptors (Lipinski definition) is 2. The number of piperidine rings is 1. The van der Waals surface area contributed by atoms with Gasteiger partial charge in [0.05, 0.1) is 17.6 Å². The molecule has 1 fully saturated rings. The van der Waals surface area contributed by atoms with Crippen molar-refractivity contribution in [2.24, 2.45) is 0 Å². The molecule has 0 atom stereocenters. The van der Waals surface area contributed by atoms with Crippen LogP contribution < -0.4 is 0 Å². The highest BCUT2D eigenvalue weighted by Gasteiger charge is 2.16. The Morgan fingerprint density at radius 1 is 0.783 bits per heavy atom. The van der Waals surface area contributed by atoms with Crippen LogP contribution in [0.15, 0.2) is 54.6 Å². The number of benzene rings is 2. The minimum atomic E-state index is 0.893. The second-order valence-corrected chi connectivity index (χ2v) is 6.43. The number of para-hydroxylation sites is 2. The highest BCUT2D eigenvalue weighted by molar-refractivity contribution is 5.76. The van der Waals surface area contributed by atoms with Crippen LogP contribution in [-0.4, -0.2) is 27.5 Å². The van der Waals surface area contributed by atoms with Crippen molar-refractivity contribution in [1.82, 2.24) is 14.5 Å². The van der Waals surface area contributed by atoms with Crippen molar-refractivity contribution in [3.05, 3.63) is 66.0 Å². The fourth-order valence-corrected chi connectivity index (χ4v) is 3.51. The summed E-state index contributed by atoms with van der Waals surface area (Å²) < 4.78 is 2.39. The molecule has 2 heterocycles. The zero-order valence-electron chi connectivity index (χ0n) is 13.5. The summed E-state index contributed by atoms with van der Waals surface area (Å²) in [4.78, 5) is 7.47. The molecular formula is C20H23N3. The molecule has 0 radical (unpaired) electrons. The Morgan fingerprint density at radius 3 is 2.35 bits per heavy atom. The molecule has 0 N–H and O–H groups in total. The molecule has 0 amide bonds. The SMILES string of the molecule is c1ccc(Cn2c(CN3CCCCC3)nc3ccccc32)cc1. The van der Waals surface area contributed by atoms with Crippen molar-refractivity contribution >= 4 is 11.0 Å². The summed E-state index contributed by atoms with van der Waals surface area (Å²) in [7, 11) is 0. The van der Waals surface area contributed by atoms with Gasteiger partial charge in [-0.25, -0.2) is 4.98 Å². The van der Waals surface area contributed by atoms with E-state index in [2.05, 4.69) is 64.1 Å². The van der Waals surface area contributed by atoms with E-state index in [9.17, 15) is 0 Å². The third-order valence-electron chi connectivity index (χ3n) is 4.73.